The molecule has 1 aromatic heterocycles. The first-order chi connectivity index (χ1) is 13.5. The molecule has 0 radical (unpaired) electrons. The molecule has 28 heavy (non-hydrogen) atoms. The van der Waals surface area contributed by atoms with E-state index in [4.69, 9.17) is 0 Å². The van der Waals surface area contributed by atoms with Crippen molar-refractivity contribution in [3.63, 3.8) is 0 Å². The molecule has 0 atom stereocenters. The first-order valence-electron chi connectivity index (χ1n) is 9.41. The summed E-state index contributed by atoms with van der Waals surface area (Å²) < 4.78 is 2.03. The molecule has 2 amide bonds. The van der Waals surface area contributed by atoms with Gasteiger partial charge in [0.25, 0.3) is 5.91 Å². The van der Waals surface area contributed by atoms with E-state index in [9.17, 15) is 9.59 Å². The Kier molecular flexibility index (Phi) is 5.94. The van der Waals surface area contributed by atoms with Crippen molar-refractivity contribution in [1.82, 2.24) is 9.88 Å². The normalized spacial score (nSPS) is 10.5. The van der Waals surface area contributed by atoms with Gasteiger partial charge in [-0.25, -0.2) is 0 Å². The lowest BCUT2D eigenvalue weighted by molar-refractivity contribution is -0.115. The monoisotopic (exact) mass is 375 g/mol. The van der Waals surface area contributed by atoms with Crippen LogP contribution in [0.4, 0.5) is 5.69 Å². The number of aryl methyl sites for hydroxylation is 2. The number of carbonyl (C=O) groups excluding carboxylic acids is 2. The summed E-state index contributed by atoms with van der Waals surface area (Å²) in [6, 6.07) is 19.4. The minimum atomic E-state index is -0.255. The second kappa shape index (κ2) is 8.57. The summed E-state index contributed by atoms with van der Waals surface area (Å²) in [5.74, 6) is -0.500. The van der Waals surface area contributed by atoms with Gasteiger partial charge in [0, 0.05) is 22.8 Å². The van der Waals surface area contributed by atoms with E-state index in [1.165, 1.54) is 0 Å². The molecule has 0 aliphatic heterocycles. The largest absolute Gasteiger partial charge is 0.343 e. The van der Waals surface area contributed by atoms with Crippen LogP contribution < -0.4 is 10.6 Å². The molecule has 1 heterocycles. The Morgan fingerprint density at radius 3 is 2.36 bits per heavy atom. The standard InChI is InChI=1S/C23H25N3O2/c1-4-18-10-8-9-13-21(18)25-22(27)15-24-23(28)20-14-16(2)26(17(20)3)19-11-6-5-7-12-19/h5-14H,4,15H2,1-3H3,(H,24,28)(H,25,27). The van der Waals surface area contributed by atoms with E-state index in [0.29, 0.717) is 5.56 Å². The molecule has 0 aliphatic rings. The Morgan fingerprint density at radius 1 is 0.964 bits per heavy atom. The minimum absolute atomic E-state index is 0.0775. The summed E-state index contributed by atoms with van der Waals surface area (Å²) in [4.78, 5) is 24.9. The summed E-state index contributed by atoms with van der Waals surface area (Å²) in [6.07, 6.45) is 0.828. The van der Waals surface area contributed by atoms with Crippen molar-refractivity contribution in [3.05, 3.63) is 83.2 Å². The van der Waals surface area contributed by atoms with Crippen LogP contribution in [0.25, 0.3) is 5.69 Å². The Morgan fingerprint density at radius 2 is 1.64 bits per heavy atom. The van der Waals surface area contributed by atoms with Gasteiger partial charge < -0.3 is 15.2 Å². The van der Waals surface area contributed by atoms with E-state index >= 15 is 0 Å². The molecular formula is C23H25N3O2. The van der Waals surface area contributed by atoms with E-state index in [0.717, 1.165) is 34.7 Å². The number of aromatic nitrogens is 1. The zero-order valence-electron chi connectivity index (χ0n) is 16.5. The molecule has 144 valence electrons. The van der Waals surface area contributed by atoms with E-state index < -0.39 is 0 Å². The predicted octanol–water partition coefficient (Wildman–Crippen LogP) is 4.03. The topological polar surface area (TPSA) is 63.1 Å². The maximum Gasteiger partial charge on any atom is 0.253 e. The number of hydrogen-bond donors (Lipinski definition) is 2. The van der Waals surface area contributed by atoms with Crippen LogP contribution >= 0.6 is 0 Å². The zero-order valence-corrected chi connectivity index (χ0v) is 16.5. The van der Waals surface area contributed by atoms with Gasteiger partial charge in [0.05, 0.1) is 12.1 Å². The van der Waals surface area contributed by atoms with Crippen molar-refractivity contribution >= 4 is 17.5 Å². The Hall–Kier alpha value is -3.34. The molecular weight excluding hydrogens is 350 g/mol. The fourth-order valence-corrected chi connectivity index (χ4v) is 3.37. The van der Waals surface area contributed by atoms with E-state index in [1.54, 1.807) is 0 Å². The molecule has 2 N–H and O–H groups in total. The molecule has 0 bridgehead atoms. The van der Waals surface area contributed by atoms with Gasteiger partial charge in [0.1, 0.15) is 0 Å². The molecule has 0 saturated heterocycles. The van der Waals surface area contributed by atoms with Crippen molar-refractivity contribution in [2.45, 2.75) is 27.2 Å². The van der Waals surface area contributed by atoms with Gasteiger partial charge in [-0.2, -0.15) is 0 Å². The minimum Gasteiger partial charge on any atom is -0.343 e. The van der Waals surface area contributed by atoms with Crippen LogP contribution in [0.3, 0.4) is 0 Å². The van der Waals surface area contributed by atoms with Crippen LogP contribution in [0.5, 0.6) is 0 Å². The number of rotatable bonds is 6. The summed E-state index contributed by atoms with van der Waals surface area (Å²) in [7, 11) is 0. The fraction of sp³-hybridized carbons (Fsp3) is 0.217. The van der Waals surface area contributed by atoms with Crippen LogP contribution in [0.2, 0.25) is 0 Å². The molecule has 0 unspecified atom stereocenters. The van der Waals surface area contributed by atoms with Crippen LogP contribution in [-0.4, -0.2) is 22.9 Å². The van der Waals surface area contributed by atoms with E-state index in [1.807, 2.05) is 86.0 Å². The smallest absolute Gasteiger partial charge is 0.253 e. The van der Waals surface area contributed by atoms with Crippen molar-refractivity contribution in [2.24, 2.45) is 0 Å². The predicted molar refractivity (Wildman–Crippen MR) is 112 cm³/mol. The molecule has 0 spiro atoms. The fourth-order valence-electron chi connectivity index (χ4n) is 3.37. The lowest BCUT2D eigenvalue weighted by Gasteiger charge is -2.11. The molecule has 0 saturated carbocycles. The third-order valence-electron chi connectivity index (χ3n) is 4.77. The molecule has 0 fully saturated rings. The second-order valence-corrected chi connectivity index (χ2v) is 6.70. The number of amides is 2. The summed E-state index contributed by atoms with van der Waals surface area (Å²) in [5.41, 5.74) is 5.24. The maximum absolute atomic E-state index is 12.6. The Labute approximate surface area is 165 Å². The van der Waals surface area contributed by atoms with Crippen LogP contribution in [0, 0.1) is 13.8 Å². The molecule has 3 rings (SSSR count). The Bertz CT molecular complexity index is 990. The number of anilines is 1. The average Bonchev–Trinajstić information content (AvgIpc) is 3.01. The van der Waals surface area contributed by atoms with Gasteiger partial charge in [-0.15, -0.1) is 0 Å². The summed E-state index contributed by atoms with van der Waals surface area (Å²) in [6.45, 7) is 5.83. The molecule has 0 aliphatic carbocycles. The van der Waals surface area contributed by atoms with Crippen molar-refractivity contribution in [1.29, 1.82) is 0 Å². The number of nitrogens with one attached hydrogen (secondary N) is 2. The van der Waals surface area contributed by atoms with Gasteiger partial charge in [0.15, 0.2) is 0 Å². The number of carbonyl (C=O) groups is 2. The number of nitrogens with zero attached hydrogens (tertiary/aromatic N) is 1. The highest BCUT2D eigenvalue weighted by atomic mass is 16.2. The van der Waals surface area contributed by atoms with Crippen LogP contribution in [-0.2, 0) is 11.2 Å². The molecule has 2 aromatic carbocycles. The van der Waals surface area contributed by atoms with Crippen LogP contribution in [0.1, 0.15) is 34.2 Å². The molecule has 5 heteroatoms. The lowest BCUT2D eigenvalue weighted by atomic mass is 10.1. The van der Waals surface area contributed by atoms with Gasteiger partial charge in [-0.1, -0.05) is 43.3 Å². The molecule has 5 nitrogen and oxygen atoms in total. The maximum atomic E-state index is 12.6. The van der Waals surface area contributed by atoms with Gasteiger partial charge in [0.2, 0.25) is 5.91 Å². The SMILES string of the molecule is CCc1ccccc1NC(=O)CNC(=O)c1cc(C)n(-c2ccccc2)c1C. The highest BCUT2D eigenvalue weighted by molar-refractivity contribution is 6.00. The van der Waals surface area contributed by atoms with Gasteiger partial charge in [-0.3, -0.25) is 9.59 Å². The van der Waals surface area contributed by atoms with Gasteiger partial charge >= 0.3 is 0 Å². The third kappa shape index (κ3) is 4.14. The zero-order chi connectivity index (χ0) is 20.1. The first-order valence-corrected chi connectivity index (χ1v) is 9.41. The number of hydrogen-bond acceptors (Lipinski definition) is 2. The van der Waals surface area contributed by atoms with Crippen molar-refractivity contribution in [2.75, 3.05) is 11.9 Å². The summed E-state index contributed by atoms with van der Waals surface area (Å²) >= 11 is 0. The quantitative estimate of drug-likeness (QED) is 0.683. The van der Waals surface area contributed by atoms with Gasteiger partial charge in [-0.05, 0) is 50.1 Å². The summed E-state index contributed by atoms with van der Waals surface area (Å²) in [5, 5.41) is 5.59. The highest BCUT2D eigenvalue weighted by Gasteiger charge is 2.17. The van der Waals surface area contributed by atoms with Crippen molar-refractivity contribution in [3.8, 4) is 5.69 Å². The van der Waals surface area contributed by atoms with E-state index in [2.05, 4.69) is 10.6 Å². The number of para-hydroxylation sites is 2. The number of benzene rings is 2. The first kappa shape index (κ1) is 19.4. The van der Waals surface area contributed by atoms with Crippen molar-refractivity contribution < 1.29 is 9.59 Å². The highest BCUT2D eigenvalue weighted by Crippen LogP contribution is 2.20. The lowest BCUT2D eigenvalue weighted by Crippen LogP contribution is -2.33. The molecule has 3 aromatic rings. The average molecular weight is 375 g/mol. The Balaban J connectivity index is 1.68. The van der Waals surface area contributed by atoms with E-state index in [-0.39, 0.29) is 18.4 Å². The third-order valence-corrected chi connectivity index (χ3v) is 4.77. The second-order valence-electron chi connectivity index (χ2n) is 6.70. The van der Waals surface area contributed by atoms with Crippen LogP contribution in [0.15, 0.2) is 60.7 Å².